The number of aryl methyl sites for hydroxylation is 1. The van der Waals surface area contributed by atoms with E-state index < -0.39 is 79.8 Å². The molecule has 5 aromatic carbocycles. The number of thioether (sulfide) groups is 1. The van der Waals surface area contributed by atoms with E-state index in [1.54, 1.807) is 30.3 Å². The van der Waals surface area contributed by atoms with Crippen molar-refractivity contribution in [1.82, 2.24) is 29.6 Å². The Bertz CT molecular complexity index is 3640. The van der Waals surface area contributed by atoms with E-state index in [1.165, 1.54) is 46.2 Å². The lowest BCUT2D eigenvalue weighted by Crippen LogP contribution is -2.54. The van der Waals surface area contributed by atoms with Crippen LogP contribution in [0.4, 0.5) is 30.2 Å². The molecule has 0 radical (unpaired) electrons. The number of hydrogen-bond donors (Lipinski definition) is 4. The zero-order chi connectivity index (χ0) is 63.2. The van der Waals surface area contributed by atoms with Crippen molar-refractivity contribution in [3.8, 4) is 0 Å². The minimum Gasteiger partial charge on any atom is -0.384 e. The van der Waals surface area contributed by atoms with Crippen molar-refractivity contribution in [1.29, 1.82) is 0 Å². The van der Waals surface area contributed by atoms with Crippen molar-refractivity contribution in [2.45, 2.75) is 93.8 Å². The van der Waals surface area contributed by atoms with Gasteiger partial charge in [-0.15, -0.1) is 11.8 Å². The molecule has 0 saturated carbocycles. The first-order chi connectivity index (χ1) is 42.5. The molecule has 89 heavy (non-hydrogen) atoms. The molecule has 2 atom stereocenters. The third-order valence-corrected chi connectivity index (χ3v) is 19.8. The molecule has 470 valence electrons. The second kappa shape index (κ2) is 27.6. The first-order valence-electron chi connectivity index (χ1n) is 30.2. The van der Waals surface area contributed by atoms with E-state index in [9.17, 15) is 55.2 Å². The number of halogens is 3. The van der Waals surface area contributed by atoms with Crippen LogP contribution in [0.25, 0.3) is 5.57 Å². The number of carbonyl (C=O) groups is 7. The van der Waals surface area contributed by atoms with Crippen LogP contribution in [0.3, 0.4) is 0 Å². The fourth-order valence-corrected chi connectivity index (χ4v) is 14.3. The molecule has 3 saturated heterocycles. The Labute approximate surface area is 521 Å². The number of rotatable bonds is 23. The average molecular weight is 1260 g/mol. The van der Waals surface area contributed by atoms with Crippen molar-refractivity contribution >= 4 is 85.5 Å². The van der Waals surface area contributed by atoms with E-state index >= 15 is 0 Å². The number of carbonyl (C=O) groups excluding carboxylic acids is 7. The number of fused-ring (bicyclic) bond motifs is 1. The zero-order valence-electron chi connectivity index (χ0n) is 50.1. The SMILES string of the molecule is Cc1ccc(C2=C(CN3CCN(c4ccc(C(=O)NS(=O)(=O)c5ccc(N[C@H](CCN6CCN(CCCNc7cccc8c7C(=O)N(C7CCC(=O)NC7=O)C8=O)CC6)CSc6ccccc6)c(C(=O)C(=O)C(F)(F)F)c5)cc4)CC3)CC(C)(C)CC2)cc1. The number of Topliss-reactive ketones (excluding diaryl/α,β-unsaturated/α-hetero) is 2. The molecule has 5 aromatic rings. The van der Waals surface area contributed by atoms with Crippen LogP contribution in [0.15, 0.2) is 131 Å². The predicted molar refractivity (Wildman–Crippen MR) is 336 cm³/mol. The highest BCUT2D eigenvalue weighted by atomic mass is 32.2. The number of benzene rings is 5. The van der Waals surface area contributed by atoms with Gasteiger partial charge in [0.1, 0.15) is 6.04 Å². The van der Waals surface area contributed by atoms with Crippen molar-refractivity contribution < 1.29 is 55.2 Å². The van der Waals surface area contributed by atoms with E-state index in [0.29, 0.717) is 76.2 Å². The smallest absolute Gasteiger partial charge is 0.384 e. The quantitative estimate of drug-likeness (QED) is 0.0158. The van der Waals surface area contributed by atoms with Crippen molar-refractivity contribution in [3.05, 3.63) is 154 Å². The fourth-order valence-electron chi connectivity index (χ4n) is 12.3. The molecule has 5 aliphatic rings. The van der Waals surface area contributed by atoms with Gasteiger partial charge in [0.2, 0.25) is 17.6 Å². The molecule has 1 aliphatic carbocycles. The van der Waals surface area contributed by atoms with Crippen molar-refractivity contribution in [2.24, 2.45) is 5.41 Å². The van der Waals surface area contributed by atoms with Gasteiger partial charge in [-0.25, -0.2) is 13.1 Å². The van der Waals surface area contributed by atoms with Gasteiger partial charge in [0.05, 0.1) is 21.6 Å². The number of allylic oxidation sites excluding steroid dienone is 1. The highest BCUT2D eigenvalue weighted by Crippen LogP contribution is 2.43. The number of alkyl halides is 3. The number of nitrogens with one attached hydrogen (secondary N) is 4. The Balaban J connectivity index is 0.745. The highest BCUT2D eigenvalue weighted by Gasteiger charge is 2.47. The van der Waals surface area contributed by atoms with Crippen LogP contribution in [0.5, 0.6) is 0 Å². The normalized spacial score (nSPS) is 19.0. The van der Waals surface area contributed by atoms with Gasteiger partial charge in [-0.3, -0.25) is 48.7 Å². The number of ketones is 2. The standard InChI is InChI=1S/C66H74F3N9O9S2/c1-43-13-15-44(16-14-43)51-25-27-65(2,3)40-46(51)41-76-35-37-77(38-36-76)48-19-17-45(18-20-48)61(82)73-89(86,87)50-21-22-54(53(39-50)59(80)60(81)66(67,68)69)71-47(42-88-49-9-5-4-6-10-49)26-30-75-33-31-74(32-34-75)29-8-28-70-55-12-7-11-52-58(55)64(85)78(63(52)84)56-23-24-57(79)72-62(56)83/h4-7,9-22,39,47,56,70-71H,8,23-38,40-42H2,1-3H3,(H,73,82)(H,72,79,83)/t47-,56?/m1/s1. The van der Waals surface area contributed by atoms with Gasteiger partial charge >= 0.3 is 12.0 Å². The number of amides is 5. The lowest BCUT2D eigenvalue weighted by Gasteiger charge is -2.39. The average Bonchev–Trinajstić information content (AvgIpc) is 1.81. The summed E-state index contributed by atoms with van der Waals surface area (Å²) in [6.07, 6.45) is -1.15. The summed E-state index contributed by atoms with van der Waals surface area (Å²) in [5.74, 6) is -7.59. The molecule has 5 amide bonds. The topological polar surface area (TPSA) is 218 Å². The number of anilines is 3. The maximum Gasteiger partial charge on any atom is 0.458 e. The van der Waals surface area contributed by atoms with E-state index in [2.05, 4.69) is 80.6 Å². The van der Waals surface area contributed by atoms with E-state index in [0.717, 1.165) is 79.6 Å². The molecule has 0 spiro atoms. The number of piperidine rings is 1. The summed E-state index contributed by atoms with van der Waals surface area (Å²) in [6, 6.07) is 30.9. The monoisotopic (exact) mass is 1260 g/mol. The fraction of sp³-hybridized carbons (Fsp3) is 0.409. The van der Waals surface area contributed by atoms with E-state index in [1.807, 2.05) is 35.1 Å². The first kappa shape index (κ1) is 64.3. The highest BCUT2D eigenvalue weighted by molar-refractivity contribution is 7.99. The van der Waals surface area contributed by atoms with E-state index in [4.69, 9.17) is 0 Å². The number of piperazine rings is 2. The molecule has 1 unspecified atom stereocenters. The van der Waals surface area contributed by atoms with Gasteiger partial charge in [-0.05, 0) is 135 Å². The molecule has 4 heterocycles. The maximum absolute atomic E-state index is 14.0. The van der Waals surface area contributed by atoms with E-state index in [-0.39, 0.29) is 40.6 Å². The van der Waals surface area contributed by atoms with Crippen LogP contribution in [-0.4, -0.2) is 172 Å². The molecule has 4 aliphatic heterocycles. The summed E-state index contributed by atoms with van der Waals surface area (Å²) in [6.45, 7) is 15.3. The summed E-state index contributed by atoms with van der Waals surface area (Å²) >= 11 is 1.47. The minimum absolute atomic E-state index is 0.0104. The molecule has 10 rings (SSSR count). The molecule has 4 N–H and O–H groups in total. The largest absolute Gasteiger partial charge is 0.458 e. The van der Waals surface area contributed by atoms with Gasteiger partial charge in [-0.2, -0.15) is 13.2 Å². The van der Waals surface area contributed by atoms with Gasteiger partial charge < -0.3 is 25.3 Å². The van der Waals surface area contributed by atoms with Crippen LogP contribution in [0, 0.1) is 12.3 Å². The summed E-state index contributed by atoms with van der Waals surface area (Å²) in [7, 11) is -4.81. The number of sulfonamides is 1. The molecule has 0 bridgehead atoms. The molecule has 23 heteroatoms. The Morgan fingerprint density at radius 1 is 0.764 bits per heavy atom. The Kier molecular flexibility index (Phi) is 19.9. The minimum atomic E-state index is -5.57. The Hall–Kier alpha value is -7.70. The summed E-state index contributed by atoms with van der Waals surface area (Å²) in [4.78, 5) is 101. The van der Waals surface area contributed by atoms with Gasteiger partial charge in [-0.1, -0.05) is 73.5 Å². The van der Waals surface area contributed by atoms with Crippen LogP contribution in [0.2, 0.25) is 0 Å². The predicted octanol–water partition coefficient (Wildman–Crippen LogP) is 8.70. The Morgan fingerprint density at radius 3 is 2.13 bits per heavy atom. The van der Waals surface area contributed by atoms with Crippen LogP contribution in [0.1, 0.15) is 111 Å². The third kappa shape index (κ3) is 15.7. The van der Waals surface area contributed by atoms with Crippen LogP contribution < -0.4 is 25.6 Å². The number of hydrogen-bond acceptors (Lipinski definition) is 16. The molecule has 18 nitrogen and oxygen atoms in total. The van der Waals surface area contributed by atoms with Crippen molar-refractivity contribution in [3.63, 3.8) is 0 Å². The molecule has 0 aromatic heterocycles. The van der Waals surface area contributed by atoms with Gasteiger partial charge in [0.15, 0.2) is 0 Å². The first-order valence-corrected chi connectivity index (χ1v) is 32.7. The second-order valence-electron chi connectivity index (χ2n) is 24.3. The summed E-state index contributed by atoms with van der Waals surface area (Å²) in [5, 5.41) is 8.69. The Morgan fingerprint density at radius 2 is 1.45 bits per heavy atom. The van der Waals surface area contributed by atoms with Gasteiger partial charge in [0, 0.05) is 118 Å². The molecule has 3 fully saturated rings. The second-order valence-corrected chi connectivity index (χ2v) is 27.1. The van der Waals surface area contributed by atoms with Crippen LogP contribution in [-0.2, 0) is 24.4 Å². The number of imide groups is 2. The maximum atomic E-state index is 14.0. The van der Waals surface area contributed by atoms with Crippen molar-refractivity contribution in [2.75, 3.05) is 99.8 Å². The molecular weight excluding hydrogens is 1180 g/mol. The third-order valence-electron chi connectivity index (χ3n) is 17.3. The van der Waals surface area contributed by atoms with Gasteiger partial charge in [0.25, 0.3) is 27.7 Å². The number of nitrogens with zero attached hydrogens (tertiary/aromatic N) is 5. The summed E-state index contributed by atoms with van der Waals surface area (Å²) in [5.41, 5.74) is 6.37. The summed E-state index contributed by atoms with van der Waals surface area (Å²) < 4.78 is 71.7. The van der Waals surface area contributed by atoms with Crippen LogP contribution >= 0.6 is 11.8 Å². The lowest BCUT2D eigenvalue weighted by molar-refractivity contribution is -0.165. The lowest BCUT2D eigenvalue weighted by atomic mass is 9.72. The molecular formula is C66H74F3N9O9S2. The zero-order valence-corrected chi connectivity index (χ0v) is 51.8.